The predicted molar refractivity (Wildman–Crippen MR) is 95.3 cm³/mol. The van der Waals surface area contributed by atoms with Gasteiger partial charge in [0.05, 0.1) is 0 Å². The highest BCUT2D eigenvalue weighted by Gasteiger charge is 2.03. The molecule has 0 aliphatic carbocycles. The zero-order valence-corrected chi connectivity index (χ0v) is 13.8. The molecule has 0 saturated carbocycles. The highest BCUT2D eigenvalue weighted by atomic mass is 32.1. The standard InChI is InChI=1S/C18H15N3O2S/c1-13-6-7-16(24-13)8-9-17(22)21-14-4-2-5-15(12-14)23-18-19-10-3-11-20-18/h2-12H,1H3,(H,21,22). The van der Waals surface area contributed by atoms with Crippen LogP contribution in [0.15, 0.2) is 60.9 Å². The number of aryl methyl sites for hydroxylation is 1. The van der Waals surface area contributed by atoms with Gasteiger partial charge in [0.1, 0.15) is 5.75 Å². The number of hydrogen-bond donors (Lipinski definition) is 1. The normalized spacial score (nSPS) is 10.7. The molecule has 24 heavy (non-hydrogen) atoms. The van der Waals surface area contributed by atoms with Gasteiger partial charge in [-0.15, -0.1) is 11.3 Å². The highest BCUT2D eigenvalue weighted by molar-refractivity contribution is 7.12. The highest BCUT2D eigenvalue weighted by Crippen LogP contribution is 2.21. The Labute approximate surface area is 143 Å². The van der Waals surface area contributed by atoms with E-state index in [2.05, 4.69) is 15.3 Å². The monoisotopic (exact) mass is 337 g/mol. The van der Waals surface area contributed by atoms with E-state index in [1.54, 1.807) is 60.1 Å². The molecule has 5 nitrogen and oxygen atoms in total. The van der Waals surface area contributed by atoms with Gasteiger partial charge >= 0.3 is 6.01 Å². The maximum Gasteiger partial charge on any atom is 0.321 e. The van der Waals surface area contributed by atoms with Crippen molar-refractivity contribution in [2.24, 2.45) is 0 Å². The molecule has 0 bridgehead atoms. The van der Waals surface area contributed by atoms with Crippen LogP contribution in [0.25, 0.3) is 6.08 Å². The molecule has 3 rings (SSSR count). The first kappa shape index (κ1) is 15.9. The quantitative estimate of drug-likeness (QED) is 0.705. The Bertz CT molecular complexity index is 859. The van der Waals surface area contributed by atoms with Crippen LogP contribution >= 0.6 is 11.3 Å². The second-order valence-electron chi connectivity index (χ2n) is 4.93. The summed E-state index contributed by atoms with van der Waals surface area (Å²) in [4.78, 5) is 22.3. The molecule has 0 saturated heterocycles. The summed E-state index contributed by atoms with van der Waals surface area (Å²) in [6.45, 7) is 2.03. The van der Waals surface area contributed by atoms with Crippen molar-refractivity contribution in [3.8, 4) is 11.8 Å². The average Bonchev–Trinajstić information content (AvgIpc) is 3.00. The van der Waals surface area contributed by atoms with Gasteiger partial charge in [-0.1, -0.05) is 6.07 Å². The number of anilines is 1. The van der Waals surface area contributed by atoms with Gasteiger partial charge in [0.25, 0.3) is 0 Å². The number of thiophene rings is 1. The Morgan fingerprint density at radius 1 is 1.17 bits per heavy atom. The van der Waals surface area contributed by atoms with Gasteiger partial charge in [0.2, 0.25) is 5.91 Å². The summed E-state index contributed by atoms with van der Waals surface area (Å²) in [6.07, 6.45) is 6.51. The van der Waals surface area contributed by atoms with Gasteiger partial charge in [-0.05, 0) is 43.3 Å². The van der Waals surface area contributed by atoms with Crippen molar-refractivity contribution in [2.75, 3.05) is 5.32 Å². The molecule has 6 heteroatoms. The van der Waals surface area contributed by atoms with E-state index in [1.807, 2.05) is 19.1 Å². The molecule has 1 N–H and O–H groups in total. The first-order valence-electron chi connectivity index (χ1n) is 7.29. The molecule has 1 amide bonds. The molecular formula is C18H15N3O2S. The van der Waals surface area contributed by atoms with Gasteiger partial charge in [0, 0.05) is 40.0 Å². The lowest BCUT2D eigenvalue weighted by Gasteiger charge is -2.06. The summed E-state index contributed by atoms with van der Waals surface area (Å²) >= 11 is 1.64. The van der Waals surface area contributed by atoms with Gasteiger partial charge in [-0.2, -0.15) is 0 Å². The van der Waals surface area contributed by atoms with Crippen LogP contribution in [0, 0.1) is 6.92 Å². The molecule has 0 atom stereocenters. The smallest absolute Gasteiger partial charge is 0.321 e. The average molecular weight is 337 g/mol. The molecule has 0 aliphatic heterocycles. The SMILES string of the molecule is Cc1ccc(C=CC(=O)Nc2cccc(Oc3ncccn3)c2)s1. The van der Waals surface area contributed by atoms with E-state index in [-0.39, 0.29) is 11.9 Å². The zero-order valence-electron chi connectivity index (χ0n) is 13.0. The molecule has 0 aliphatic rings. The molecule has 0 unspecified atom stereocenters. The number of carbonyl (C=O) groups excluding carboxylic acids is 1. The molecule has 0 radical (unpaired) electrons. The van der Waals surface area contributed by atoms with E-state index in [0.29, 0.717) is 11.4 Å². The van der Waals surface area contributed by atoms with Crippen LogP contribution < -0.4 is 10.1 Å². The van der Waals surface area contributed by atoms with Crippen LogP contribution in [0.5, 0.6) is 11.8 Å². The van der Waals surface area contributed by atoms with Crippen molar-refractivity contribution in [1.82, 2.24) is 9.97 Å². The molecule has 2 heterocycles. The molecule has 3 aromatic rings. The van der Waals surface area contributed by atoms with E-state index in [1.165, 1.54) is 11.0 Å². The van der Waals surface area contributed by atoms with E-state index in [9.17, 15) is 4.79 Å². The number of ether oxygens (including phenoxy) is 1. The van der Waals surface area contributed by atoms with Crippen LogP contribution in [-0.4, -0.2) is 15.9 Å². The number of amides is 1. The third-order valence-electron chi connectivity index (χ3n) is 3.01. The number of carbonyl (C=O) groups is 1. The fraction of sp³-hybridized carbons (Fsp3) is 0.0556. The van der Waals surface area contributed by atoms with E-state index >= 15 is 0 Å². The van der Waals surface area contributed by atoms with Gasteiger partial charge in [-0.25, -0.2) is 9.97 Å². The Morgan fingerprint density at radius 3 is 2.75 bits per heavy atom. The largest absolute Gasteiger partial charge is 0.424 e. The number of rotatable bonds is 5. The first-order valence-corrected chi connectivity index (χ1v) is 8.11. The summed E-state index contributed by atoms with van der Waals surface area (Å²) in [5.74, 6) is 0.353. The molecule has 1 aromatic carbocycles. The summed E-state index contributed by atoms with van der Waals surface area (Å²) in [6, 6.07) is 13.1. The van der Waals surface area contributed by atoms with Gasteiger partial charge < -0.3 is 10.1 Å². The number of aromatic nitrogens is 2. The summed E-state index contributed by atoms with van der Waals surface area (Å²) in [5, 5.41) is 2.80. The number of nitrogens with one attached hydrogen (secondary N) is 1. The van der Waals surface area contributed by atoms with Crippen LogP contribution in [0.4, 0.5) is 5.69 Å². The van der Waals surface area contributed by atoms with Crippen molar-refractivity contribution in [3.05, 3.63) is 70.7 Å². The van der Waals surface area contributed by atoms with Crippen LogP contribution in [0.2, 0.25) is 0 Å². The van der Waals surface area contributed by atoms with Crippen molar-refractivity contribution in [2.45, 2.75) is 6.92 Å². The van der Waals surface area contributed by atoms with Crippen molar-refractivity contribution < 1.29 is 9.53 Å². The molecule has 0 spiro atoms. The van der Waals surface area contributed by atoms with Crippen LogP contribution in [-0.2, 0) is 4.79 Å². The van der Waals surface area contributed by atoms with Crippen molar-refractivity contribution in [1.29, 1.82) is 0 Å². The minimum Gasteiger partial charge on any atom is -0.424 e. The number of benzene rings is 1. The first-order chi connectivity index (χ1) is 11.7. The lowest BCUT2D eigenvalue weighted by Crippen LogP contribution is -2.07. The fourth-order valence-corrected chi connectivity index (χ4v) is 2.75. The lowest BCUT2D eigenvalue weighted by atomic mass is 10.3. The molecular weight excluding hydrogens is 322 g/mol. The summed E-state index contributed by atoms with van der Waals surface area (Å²) in [5.41, 5.74) is 0.639. The number of hydrogen-bond acceptors (Lipinski definition) is 5. The molecule has 0 fully saturated rings. The van der Waals surface area contributed by atoms with E-state index in [4.69, 9.17) is 4.74 Å². The van der Waals surface area contributed by atoms with Crippen LogP contribution in [0.3, 0.4) is 0 Å². The Hall–Kier alpha value is -2.99. The maximum atomic E-state index is 12.0. The third-order valence-corrected chi connectivity index (χ3v) is 3.98. The summed E-state index contributed by atoms with van der Waals surface area (Å²) in [7, 11) is 0. The molecule has 120 valence electrons. The minimum atomic E-state index is -0.200. The van der Waals surface area contributed by atoms with E-state index < -0.39 is 0 Å². The fourth-order valence-electron chi connectivity index (χ4n) is 1.97. The van der Waals surface area contributed by atoms with Gasteiger partial charge in [-0.3, -0.25) is 4.79 Å². The lowest BCUT2D eigenvalue weighted by molar-refractivity contribution is -0.111. The van der Waals surface area contributed by atoms with E-state index in [0.717, 1.165) is 4.88 Å². The minimum absolute atomic E-state index is 0.200. The Kier molecular flexibility index (Phi) is 4.98. The second-order valence-corrected chi connectivity index (χ2v) is 6.25. The maximum absolute atomic E-state index is 12.0. The van der Waals surface area contributed by atoms with Crippen molar-refractivity contribution >= 4 is 29.0 Å². The van der Waals surface area contributed by atoms with Crippen LogP contribution in [0.1, 0.15) is 9.75 Å². The summed E-state index contributed by atoms with van der Waals surface area (Å²) < 4.78 is 5.54. The zero-order chi connectivity index (χ0) is 16.8. The second kappa shape index (κ2) is 7.52. The Balaban J connectivity index is 1.63. The number of nitrogens with zero attached hydrogens (tertiary/aromatic N) is 2. The van der Waals surface area contributed by atoms with Gasteiger partial charge in [0.15, 0.2) is 0 Å². The topological polar surface area (TPSA) is 64.1 Å². The molecule has 2 aromatic heterocycles. The third kappa shape index (κ3) is 4.50. The van der Waals surface area contributed by atoms with Crippen molar-refractivity contribution in [3.63, 3.8) is 0 Å². The Morgan fingerprint density at radius 2 is 2.00 bits per heavy atom. The predicted octanol–water partition coefficient (Wildman–Crippen LogP) is 4.29.